The Kier molecular flexibility index (Phi) is 6.47. The average molecular weight is 658 g/mol. The first-order valence-electron chi connectivity index (χ1n) is 17.8. The lowest BCUT2D eigenvalue weighted by Gasteiger charge is -2.34. The standard InChI is InChI=1S/C47H37N4/c1-31(2)32-25-26-48-46(27-32)51-42-20-9-6-17-38(42)39-24-23-34(29-45(39)51)47(40-18-7-4-15-36(40)37-16-5-8-19-41(37)47)33-13-12-14-35(28-33)50-30-49(3)43-21-10-11-22-44(43)50/h4-31H,1-3H3/q+1. The Balaban J connectivity index is 1.30. The Bertz CT molecular complexity index is 2770. The van der Waals surface area contributed by atoms with Crippen LogP contribution in [0.15, 0.2) is 164 Å². The highest BCUT2D eigenvalue weighted by molar-refractivity contribution is 6.09. The van der Waals surface area contributed by atoms with Crippen LogP contribution < -0.4 is 4.57 Å². The number of hydrogen-bond donors (Lipinski definition) is 0. The van der Waals surface area contributed by atoms with E-state index in [-0.39, 0.29) is 0 Å². The molecular formula is C47H37N4+. The third-order valence-corrected chi connectivity index (χ3v) is 11.1. The maximum absolute atomic E-state index is 4.97. The van der Waals surface area contributed by atoms with E-state index in [0.29, 0.717) is 5.92 Å². The van der Waals surface area contributed by atoms with Gasteiger partial charge in [0.2, 0.25) is 6.33 Å². The van der Waals surface area contributed by atoms with Crippen molar-refractivity contribution in [2.45, 2.75) is 25.2 Å². The van der Waals surface area contributed by atoms with Crippen LogP contribution in [0.2, 0.25) is 0 Å². The molecule has 0 radical (unpaired) electrons. The van der Waals surface area contributed by atoms with Gasteiger partial charge in [-0.05, 0) is 93.4 Å². The smallest absolute Gasteiger partial charge is 0.249 e. The van der Waals surface area contributed by atoms with Gasteiger partial charge in [-0.15, -0.1) is 0 Å². The van der Waals surface area contributed by atoms with E-state index in [1.807, 2.05) is 6.20 Å². The van der Waals surface area contributed by atoms with Gasteiger partial charge in [0.1, 0.15) is 11.5 Å². The topological polar surface area (TPSA) is 26.6 Å². The molecule has 0 bridgehead atoms. The number of para-hydroxylation sites is 3. The molecule has 0 saturated heterocycles. The number of aromatic nitrogens is 4. The van der Waals surface area contributed by atoms with E-state index in [0.717, 1.165) is 22.5 Å². The van der Waals surface area contributed by atoms with Gasteiger partial charge >= 0.3 is 0 Å². The van der Waals surface area contributed by atoms with Gasteiger partial charge in [-0.1, -0.05) is 117 Å². The molecule has 0 unspecified atom stereocenters. The number of rotatable bonds is 5. The second kappa shape index (κ2) is 11.1. The van der Waals surface area contributed by atoms with Crippen LogP contribution in [-0.2, 0) is 12.5 Å². The molecule has 6 aromatic carbocycles. The summed E-state index contributed by atoms with van der Waals surface area (Å²) in [6.45, 7) is 4.49. The highest BCUT2D eigenvalue weighted by atomic mass is 15.1. The van der Waals surface area contributed by atoms with Crippen molar-refractivity contribution < 1.29 is 4.57 Å². The van der Waals surface area contributed by atoms with Crippen molar-refractivity contribution in [3.8, 4) is 22.6 Å². The van der Waals surface area contributed by atoms with Crippen molar-refractivity contribution in [2.24, 2.45) is 7.05 Å². The number of hydrogen-bond acceptors (Lipinski definition) is 1. The molecule has 9 aromatic rings. The normalized spacial score (nSPS) is 13.3. The van der Waals surface area contributed by atoms with Crippen molar-refractivity contribution in [2.75, 3.05) is 0 Å². The van der Waals surface area contributed by atoms with Crippen LogP contribution in [0, 0.1) is 0 Å². The zero-order valence-electron chi connectivity index (χ0n) is 29.0. The Morgan fingerprint density at radius 1 is 0.588 bits per heavy atom. The van der Waals surface area contributed by atoms with Gasteiger partial charge in [0.05, 0.1) is 23.5 Å². The van der Waals surface area contributed by atoms with Crippen molar-refractivity contribution in [1.29, 1.82) is 0 Å². The van der Waals surface area contributed by atoms with E-state index in [2.05, 4.69) is 193 Å². The lowest BCUT2D eigenvalue weighted by molar-refractivity contribution is -0.645. The number of nitrogens with zero attached hydrogens (tertiary/aromatic N) is 4. The number of fused-ring (bicyclic) bond motifs is 7. The summed E-state index contributed by atoms with van der Waals surface area (Å²) >= 11 is 0. The summed E-state index contributed by atoms with van der Waals surface area (Å²) in [5.41, 5.74) is 14.2. The second-order valence-corrected chi connectivity index (χ2v) is 14.2. The van der Waals surface area contributed by atoms with E-state index in [4.69, 9.17) is 4.98 Å². The van der Waals surface area contributed by atoms with Gasteiger partial charge < -0.3 is 0 Å². The molecule has 3 heterocycles. The minimum Gasteiger partial charge on any atom is -0.294 e. The van der Waals surface area contributed by atoms with Gasteiger partial charge in [-0.3, -0.25) is 4.57 Å². The highest BCUT2D eigenvalue weighted by Crippen LogP contribution is 2.56. The van der Waals surface area contributed by atoms with Gasteiger partial charge in [0.15, 0.2) is 11.0 Å². The van der Waals surface area contributed by atoms with Crippen molar-refractivity contribution in [3.63, 3.8) is 0 Å². The molecule has 0 spiro atoms. The molecule has 0 N–H and O–H groups in total. The molecule has 0 saturated carbocycles. The molecule has 10 rings (SSSR count). The fraction of sp³-hybridized carbons (Fsp3) is 0.106. The van der Waals surface area contributed by atoms with Crippen LogP contribution >= 0.6 is 0 Å². The molecular weight excluding hydrogens is 621 g/mol. The molecule has 0 amide bonds. The quantitative estimate of drug-likeness (QED) is 0.169. The van der Waals surface area contributed by atoms with Crippen molar-refractivity contribution in [3.05, 3.63) is 192 Å². The van der Waals surface area contributed by atoms with E-state index >= 15 is 0 Å². The van der Waals surface area contributed by atoms with Crippen molar-refractivity contribution in [1.82, 2.24) is 14.1 Å². The predicted molar refractivity (Wildman–Crippen MR) is 208 cm³/mol. The van der Waals surface area contributed by atoms with Gasteiger partial charge in [0.25, 0.3) is 0 Å². The maximum atomic E-state index is 4.97. The first kappa shape index (κ1) is 29.6. The zero-order chi connectivity index (χ0) is 34.3. The Hall–Kier alpha value is -6.26. The summed E-state index contributed by atoms with van der Waals surface area (Å²) < 4.78 is 6.88. The monoisotopic (exact) mass is 657 g/mol. The van der Waals surface area contributed by atoms with Gasteiger partial charge in [-0.2, -0.15) is 4.57 Å². The molecule has 3 aromatic heterocycles. The number of imidazole rings is 1. The summed E-state index contributed by atoms with van der Waals surface area (Å²) in [6.07, 6.45) is 4.15. The van der Waals surface area contributed by atoms with E-state index in [1.54, 1.807) is 0 Å². The molecule has 51 heavy (non-hydrogen) atoms. The van der Waals surface area contributed by atoms with Crippen LogP contribution in [0.3, 0.4) is 0 Å². The minimum absolute atomic E-state index is 0.400. The predicted octanol–water partition coefficient (Wildman–Crippen LogP) is 10.4. The number of pyridine rings is 1. The van der Waals surface area contributed by atoms with Gasteiger partial charge in [-0.25, -0.2) is 9.55 Å². The minimum atomic E-state index is -0.559. The molecule has 1 aliphatic rings. The first-order valence-corrected chi connectivity index (χ1v) is 17.8. The largest absolute Gasteiger partial charge is 0.294 e. The molecule has 0 atom stereocenters. The number of benzene rings is 6. The molecule has 4 nitrogen and oxygen atoms in total. The van der Waals surface area contributed by atoms with E-state index < -0.39 is 5.41 Å². The van der Waals surface area contributed by atoms with Crippen LogP contribution in [0.5, 0.6) is 0 Å². The lowest BCUT2D eigenvalue weighted by Crippen LogP contribution is -2.29. The van der Waals surface area contributed by atoms with Gasteiger partial charge in [0, 0.05) is 17.0 Å². The third kappa shape index (κ3) is 4.20. The Morgan fingerprint density at radius 2 is 1.25 bits per heavy atom. The summed E-state index contributed by atoms with van der Waals surface area (Å²) in [4.78, 5) is 4.97. The average Bonchev–Trinajstić information content (AvgIpc) is 3.81. The highest BCUT2D eigenvalue weighted by Gasteiger charge is 2.46. The Morgan fingerprint density at radius 3 is 2.04 bits per heavy atom. The molecule has 244 valence electrons. The van der Waals surface area contributed by atoms with Crippen LogP contribution in [-0.4, -0.2) is 14.1 Å². The zero-order valence-corrected chi connectivity index (χ0v) is 29.0. The summed E-state index contributed by atoms with van der Waals surface area (Å²) in [5, 5.41) is 2.45. The second-order valence-electron chi connectivity index (χ2n) is 14.2. The Labute approximate surface area is 297 Å². The SMILES string of the molecule is CC(C)c1ccnc(-n2c3ccccc3c3ccc(C4(c5cccc(-n6c[n+](C)c7ccccc76)c5)c5ccccc5-c5ccccc54)cc32)c1. The summed E-state index contributed by atoms with van der Waals surface area (Å²) in [7, 11) is 2.12. The summed E-state index contributed by atoms with van der Waals surface area (Å²) in [5.74, 6) is 1.34. The molecule has 0 fully saturated rings. The van der Waals surface area contributed by atoms with E-state index in [9.17, 15) is 0 Å². The van der Waals surface area contributed by atoms with Crippen molar-refractivity contribution >= 4 is 32.8 Å². The number of aryl methyl sites for hydroxylation is 1. The molecule has 4 heteroatoms. The third-order valence-electron chi connectivity index (χ3n) is 11.1. The van der Waals surface area contributed by atoms with E-state index in [1.165, 1.54) is 60.8 Å². The van der Waals surface area contributed by atoms with Crippen LogP contribution in [0.1, 0.15) is 47.6 Å². The lowest BCUT2D eigenvalue weighted by atomic mass is 9.67. The van der Waals surface area contributed by atoms with Crippen LogP contribution in [0.25, 0.3) is 55.5 Å². The molecule has 1 aliphatic carbocycles. The fourth-order valence-electron chi connectivity index (χ4n) is 8.75. The summed E-state index contributed by atoms with van der Waals surface area (Å²) in [6, 6.07) is 56.0. The fourth-order valence-corrected chi connectivity index (χ4v) is 8.75. The van der Waals surface area contributed by atoms with Crippen LogP contribution in [0.4, 0.5) is 0 Å². The maximum Gasteiger partial charge on any atom is 0.249 e. The molecule has 0 aliphatic heterocycles. The first-order chi connectivity index (χ1) is 25.0.